The summed E-state index contributed by atoms with van der Waals surface area (Å²) in [6, 6.07) is -0.789. The summed E-state index contributed by atoms with van der Waals surface area (Å²) >= 11 is 0. The largest absolute Gasteiger partial charge is 0.480 e. The molecule has 1 saturated heterocycles. The van der Waals surface area contributed by atoms with Crippen LogP contribution in [0.4, 0.5) is 0 Å². The van der Waals surface area contributed by atoms with Crippen LogP contribution in [0.25, 0.3) is 0 Å². The van der Waals surface area contributed by atoms with Crippen molar-refractivity contribution < 1.29 is 15.0 Å². The smallest absolute Gasteiger partial charge is 0.321 e. The van der Waals surface area contributed by atoms with Crippen LogP contribution in [0.5, 0.6) is 0 Å². The average molecular weight is 202 g/mol. The van der Waals surface area contributed by atoms with Crippen molar-refractivity contribution in [2.24, 2.45) is 11.7 Å². The lowest BCUT2D eigenvalue weighted by Crippen LogP contribution is -2.41. The number of hydrogen-bond donors (Lipinski definition) is 3. The topological polar surface area (TPSA) is 86.8 Å². The van der Waals surface area contributed by atoms with Gasteiger partial charge >= 0.3 is 5.97 Å². The summed E-state index contributed by atoms with van der Waals surface area (Å²) in [6.07, 6.45) is 1.84. The molecule has 1 fully saturated rings. The van der Waals surface area contributed by atoms with E-state index in [0.717, 1.165) is 25.9 Å². The number of aliphatic carboxylic acids is 1. The number of aliphatic hydroxyl groups excluding tert-OH is 1. The quantitative estimate of drug-likeness (QED) is 0.538. The molecule has 82 valence electrons. The van der Waals surface area contributed by atoms with Crippen LogP contribution in [0.1, 0.15) is 12.8 Å². The zero-order valence-electron chi connectivity index (χ0n) is 8.22. The average Bonchev–Trinajstić information content (AvgIpc) is 2.53. The summed E-state index contributed by atoms with van der Waals surface area (Å²) in [5.41, 5.74) is 5.43. The molecule has 5 nitrogen and oxygen atoms in total. The lowest BCUT2D eigenvalue weighted by Gasteiger charge is -2.17. The Hall–Kier alpha value is -0.650. The lowest BCUT2D eigenvalue weighted by molar-refractivity contribution is -0.138. The first-order valence-electron chi connectivity index (χ1n) is 4.95. The summed E-state index contributed by atoms with van der Waals surface area (Å²) in [4.78, 5) is 12.6. The second-order valence-electron chi connectivity index (χ2n) is 3.87. The first-order chi connectivity index (χ1) is 6.63. The SMILES string of the molecule is NC(CN1CCC(CCO)C1)C(=O)O. The van der Waals surface area contributed by atoms with Crippen LogP contribution in [0.3, 0.4) is 0 Å². The Bertz CT molecular complexity index is 198. The number of rotatable bonds is 5. The highest BCUT2D eigenvalue weighted by atomic mass is 16.4. The Morgan fingerprint density at radius 2 is 2.36 bits per heavy atom. The van der Waals surface area contributed by atoms with Crippen molar-refractivity contribution in [3.05, 3.63) is 0 Å². The van der Waals surface area contributed by atoms with Gasteiger partial charge < -0.3 is 20.8 Å². The highest BCUT2D eigenvalue weighted by Gasteiger charge is 2.24. The van der Waals surface area contributed by atoms with Crippen LogP contribution in [0.15, 0.2) is 0 Å². The minimum absolute atomic E-state index is 0.212. The van der Waals surface area contributed by atoms with E-state index < -0.39 is 12.0 Å². The fourth-order valence-electron chi connectivity index (χ4n) is 1.85. The van der Waals surface area contributed by atoms with Crippen LogP contribution in [-0.4, -0.2) is 53.4 Å². The first-order valence-corrected chi connectivity index (χ1v) is 4.95. The molecule has 0 saturated carbocycles. The highest BCUT2D eigenvalue weighted by Crippen LogP contribution is 2.18. The standard InChI is InChI=1S/C9H18N2O3/c10-8(9(13)14)6-11-3-1-7(5-11)2-4-12/h7-8,12H,1-6,10H2,(H,13,14). The summed E-state index contributed by atoms with van der Waals surface area (Å²) in [7, 11) is 0. The minimum Gasteiger partial charge on any atom is -0.480 e. The maximum absolute atomic E-state index is 10.5. The monoisotopic (exact) mass is 202 g/mol. The van der Waals surface area contributed by atoms with Crippen molar-refractivity contribution in [1.29, 1.82) is 0 Å². The van der Waals surface area contributed by atoms with Crippen molar-refractivity contribution in [2.45, 2.75) is 18.9 Å². The zero-order valence-corrected chi connectivity index (χ0v) is 8.22. The number of carboxylic acid groups (broad SMARTS) is 1. The number of carboxylic acids is 1. The van der Waals surface area contributed by atoms with E-state index in [0.29, 0.717) is 12.5 Å². The van der Waals surface area contributed by atoms with Gasteiger partial charge in [0.2, 0.25) is 0 Å². The van der Waals surface area contributed by atoms with Gasteiger partial charge in [0.15, 0.2) is 0 Å². The third-order valence-corrected chi connectivity index (χ3v) is 2.68. The molecule has 1 heterocycles. The molecule has 0 bridgehead atoms. The molecule has 4 N–H and O–H groups in total. The molecule has 1 rings (SSSR count). The number of likely N-dealkylation sites (tertiary alicyclic amines) is 1. The normalized spacial score (nSPS) is 25.1. The Balaban J connectivity index is 2.25. The molecular formula is C9H18N2O3. The van der Waals surface area contributed by atoms with E-state index >= 15 is 0 Å². The fourth-order valence-corrected chi connectivity index (χ4v) is 1.85. The van der Waals surface area contributed by atoms with E-state index in [1.807, 2.05) is 0 Å². The Morgan fingerprint density at radius 1 is 1.64 bits per heavy atom. The van der Waals surface area contributed by atoms with E-state index in [1.54, 1.807) is 0 Å². The molecule has 0 aromatic carbocycles. The van der Waals surface area contributed by atoms with Crippen LogP contribution in [0, 0.1) is 5.92 Å². The number of nitrogens with two attached hydrogens (primary N) is 1. The second kappa shape index (κ2) is 5.29. The third-order valence-electron chi connectivity index (χ3n) is 2.68. The zero-order chi connectivity index (χ0) is 10.6. The number of carbonyl (C=O) groups is 1. The van der Waals surface area contributed by atoms with Gasteiger partial charge in [-0.3, -0.25) is 4.79 Å². The molecule has 0 aliphatic carbocycles. The summed E-state index contributed by atoms with van der Waals surface area (Å²) in [5.74, 6) is -0.448. The summed E-state index contributed by atoms with van der Waals surface area (Å²) in [5, 5.41) is 17.4. The Morgan fingerprint density at radius 3 is 2.93 bits per heavy atom. The van der Waals surface area contributed by atoms with Crippen LogP contribution >= 0.6 is 0 Å². The van der Waals surface area contributed by atoms with Crippen LogP contribution in [-0.2, 0) is 4.79 Å². The summed E-state index contributed by atoms with van der Waals surface area (Å²) in [6.45, 7) is 2.38. The van der Waals surface area contributed by atoms with Gasteiger partial charge in [0.05, 0.1) is 0 Å². The van der Waals surface area contributed by atoms with Gasteiger partial charge in [-0.25, -0.2) is 0 Å². The molecule has 5 heteroatoms. The molecule has 0 spiro atoms. The molecule has 0 aromatic rings. The Kier molecular flexibility index (Phi) is 4.31. The number of aliphatic hydroxyl groups is 1. The van der Waals surface area contributed by atoms with Crippen molar-refractivity contribution in [3.8, 4) is 0 Å². The van der Waals surface area contributed by atoms with Crippen molar-refractivity contribution in [3.63, 3.8) is 0 Å². The van der Waals surface area contributed by atoms with Gasteiger partial charge in [-0.2, -0.15) is 0 Å². The first kappa shape index (κ1) is 11.4. The predicted molar refractivity (Wildman–Crippen MR) is 51.9 cm³/mol. The van der Waals surface area contributed by atoms with Crippen molar-refractivity contribution >= 4 is 5.97 Å². The molecule has 1 aliphatic rings. The predicted octanol–water partition coefficient (Wildman–Crippen LogP) is -0.897. The maximum atomic E-state index is 10.5. The third kappa shape index (κ3) is 3.25. The van der Waals surface area contributed by atoms with E-state index in [2.05, 4.69) is 4.90 Å². The van der Waals surface area contributed by atoms with Gasteiger partial charge in [-0.1, -0.05) is 0 Å². The van der Waals surface area contributed by atoms with E-state index in [-0.39, 0.29) is 6.61 Å². The van der Waals surface area contributed by atoms with Crippen LogP contribution < -0.4 is 5.73 Å². The molecule has 0 amide bonds. The van der Waals surface area contributed by atoms with E-state index in [1.165, 1.54) is 0 Å². The van der Waals surface area contributed by atoms with Crippen molar-refractivity contribution in [1.82, 2.24) is 4.90 Å². The van der Waals surface area contributed by atoms with Gasteiger partial charge in [0, 0.05) is 19.7 Å². The van der Waals surface area contributed by atoms with Gasteiger partial charge in [0.1, 0.15) is 6.04 Å². The maximum Gasteiger partial charge on any atom is 0.321 e. The fraction of sp³-hybridized carbons (Fsp3) is 0.889. The van der Waals surface area contributed by atoms with E-state index in [9.17, 15) is 4.79 Å². The van der Waals surface area contributed by atoms with Gasteiger partial charge in [0.25, 0.3) is 0 Å². The number of hydrogen-bond acceptors (Lipinski definition) is 4. The molecule has 0 aromatic heterocycles. The molecule has 14 heavy (non-hydrogen) atoms. The highest BCUT2D eigenvalue weighted by molar-refractivity contribution is 5.73. The number of nitrogens with zero attached hydrogens (tertiary/aromatic N) is 1. The molecule has 2 atom stereocenters. The minimum atomic E-state index is -0.949. The second-order valence-corrected chi connectivity index (χ2v) is 3.87. The van der Waals surface area contributed by atoms with E-state index in [4.69, 9.17) is 15.9 Å². The van der Waals surface area contributed by atoms with Gasteiger partial charge in [-0.05, 0) is 25.3 Å². The van der Waals surface area contributed by atoms with Crippen LogP contribution in [0.2, 0.25) is 0 Å². The summed E-state index contributed by atoms with van der Waals surface area (Å²) < 4.78 is 0. The molecular weight excluding hydrogens is 184 g/mol. The molecule has 2 unspecified atom stereocenters. The molecule has 1 aliphatic heterocycles. The lowest BCUT2D eigenvalue weighted by atomic mass is 10.1. The molecule has 0 radical (unpaired) electrons. The Labute approximate surface area is 83.5 Å². The van der Waals surface area contributed by atoms with Crippen molar-refractivity contribution in [2.75, 3.05) is 26.2 Å². The van der Waals surface area contributed by atoms with Gasteiger partial charge in [-0.15, -0.1) is 0 Å².